The average molecular weight is 468 g/mol. The Morgan fingerprint density at radius 2 is 1.91 bits per heavy atom. The smallest absolute Gasteiger partial charge is 0.307 e. The highest BCUT2D eigenvalue weighted by Gasteiger charge is 2.14. The van der Waals surface area contributed by atoms with Crippen molar-refractivity contribution >= 4 is 16.9 Å². The van der Waals surface area contributed by atoms with Crippen molar-refractivity contribution in [3.8, 4) is 28.0 Å². The normalized spacial score (nSPS) is 11.1. The van der Waals surface area contributed by atoms with Gasteiger partial charge in [0.2, 0.25) is 0 Å². The number of carboxylic acid groups (broad SMARTS) is 1. The highest BCUT2D eigenvalue weighted by atomic mass is 16.5. The third-order valence-electron chi connectivity index (χ3n) is 6.03. The van der Waals surface area contributed by atoms with Gasteiger partial charge in [0.15, 0.2) is 0 Å². The van der Waals surface area contributed by atoms with E-state index in [1.54, 1.807) is 12.3 Å². The van der Waals surface area contributed by atoms with E-state index >= 15 is 0 Å². The lowest BCUT2D eigenvalue weighted by Gasteiger charge is -2.14. The number of nitrogens with one attached hydrogen (secondary N) is 1. The van der Waals surface area contributed by atoms with Gasteiger partial charge in [0.05, 0.1) is 18.4 Å². The number of ether oxygens (including phenoxy) is 1. The molecule has 7 nitrogen and oxygen atoms in total. The van der Waals surface area contributed by atoms with Crippen molar-refractivity contribution in [1.29, 1.82) is 0 Å². The molecular formula is C28H25N3O4. The average Bonchev–Trinajstić information content (AvgIpc) is 3.51. The lowest BCUT2D eigenvalue weighted by molar-refractivity contribution is -0.136. The molecule has 35 heavy (non-hydrogen) atoms. The second kappa shape index (κ2) is 9.48. The molecule has 0 saturated carbocycles. The zero-order valence-electron chi connectivity index (χ0n) is 19.2. The molecule has 176 valence electrons. The molecule has 0 atom stereocenters. The van der Waals surface area contributed by atoms with E-state index in [0.29, 0.717) is 17.9 Å². The first kappa shape index (κ1) is 22.4. The van der Waals surface area contributed by atoms with Crippen LogP contribution in [0.5, 0.6) is 5.75 Å². The van der Waals surface area contributed by atoms with Gasteiger partial charge in [-0.3, -0.25) is 9.89 Å². The van der Waals surface area contributed by atoms with Gasteiger partial charge < -0.3 is 20.0 Å². The molecule has 0 saturated heterocycles. The number of aromatic amines is 1. The molecule has 3 aromatic carbocycles. The lowest BCUT2D eigenvalue weighted by Crippen LogP contribution is -2.05. The van der Waals surface area contributed by atoms with E-state index in [0.717, 1.165) is 50.0 Å². The molecular weight excluding hydrogens is 442 g/mol. The van der Waals surface area contributed by atoms with Crippen LogP contribution in [0.3, 0.4) is 0 Å². The largest absolute Gasteiger partial charge is 0.489 e. The van der Waals surface area contributed by atoms with E-state index in [1.807, 2.05) is 61.7 Å². The molecule has 0 unspecified atom stereocenters. The number of benzene rings is 3. The standard InChI is InChI=1S/C28H25N3O4/c1-17-25(15-30-31-17)21-5-6-22(13-27(32)33)26(12-21)35-16-19-10-23-7-8-34-28(23)24(11-19)20-4-2-3-18(9-20)14-29/h2-12,15H,13-14,16,29H2,1H3,(H,30,31)(H,32,33). The van der Waals surface area contributed by atoms with Crippen molar-refractivity contribution in [3.63, 3.8) is 0 Å². The van der Waals surface area contributed by atoms with Crippen molar-refractivity contribution in [3.05, 3.63) is 95.5 Å². The third-order valence-corrected chi connectivity index (χ3v) is 6.03. The van der Waals surface area contributed by atoms with Crippen LogP contribution >= 0.6 is 0 Å². The number of hydrogen-bond acceptors (Lipinski definition) is 5. The zero-order chi connectivity index (χ0) is 24.4. The van der Waals surface area contributed by atoms with E-state index < -0.39 is 5.97 Å². The first-order valence-electron chi connectivity index (χ1n) is 11.3. The summed E-state index contributed by atoms with van der Waals surface area (Å²) in [5.74, 6) is -0.381. The van der Waals surface area contributed by atoms with Gasteiger partial charge in [-0.15, -0.1) is 0 Å². The van der Waals surface area contributed by atoms with Crippen LogP contribution in [0, 0.1) is 6.92 Å². The lowest BCUT2D eigenvalue weighted by atomic mass is 9.99. The number of fused-ring (bicyclic) bond motifs is 1. The van der Waals surface area contributed by atoms with Crippen LogP contribution < -0.4 is 10.5 Å². The molecule has 0 fully saturated rings. The van der Waals surface area contributed by atoms with Crippen LogP contribution in [0.2, 0.25) is 0 Å². The first-order valence-corrected chi connectivity index (χ1v) is 11.3. The summed E-state index contributed by atoms with van der Waals surface area (Å²) in [4.78, 5) is 11.4. The molecule has 4 N–H and O–H groups in total. The number of carbonyl (C=O) groups is 1. The number of carboxylic acids is 1. The van der Waals surface area contributed by atoms with Gasteiger partial charge in [-0.1, -0.05) is 30.3 Å². The SMILES string of the molecule is Cc1n[nH]cc1-c1ccc(CC(=O)O)c(OCc2cc(-c3cccc(CN)c3)c3occc3c2)c1. The first-order chi connectivity index (χ1) is 17.0. The number of aromatic nitrogens is 2. The second-order valence-electron chi connectivity index (χ2n) is 8.45. The molecule has 5 rings (SSSR count). The maximum absolute atomic E-state index is 11.4. The summed E-state index contributed by atoms with van der Waals surface area (Å²) < 4.78 is 12.0. The Hall–Kier alpha value is -4.36. The number of aryl methyl sites for hydroxylation is 1. The number of furan rings is 1. The van der Waals surface area contributed by atoms with Crippen LogP contribution in [0.1, 0.15) is 22.4 Å². The van der Waals surface area contributed by atoms with Crippen molar-refractivity contribution in [2.75, 3.05) is 0 Å². The Labute approximate surface area is 202 Å². The summed E-state index contributed by atoms with van der Waals surface area (Å²) in [5, 5.41) is 17.4. The minimum absolute atomic E-state index is 0.127. The molecule has 0 amide bonds. The van der Waals surface area contributed by atoms with Gasteiger partial charge in [-0.2, -0.15) is 5.10 Å². The molecule has 7 heteroatoms. The Morgan fingerprint density at radius 3 is 2.69 bits per heavy atom. The topological polar surface area (TPSA) is 114 Å². The molecule has 0 aliphatic heterocycles. The van der Waals surface area contributed by atoms with E-state index in [4.69, 9.17) is 14.9 Å². The highest BCUT2D eigenvalue weighted by molar-refractivity contribution is 5.93. The Kier molecular flexibility index (Phi) is 6.08. The minimum Gasteiger partial charge on any atom is -0.489 e. The van der Waals surface area contributed by atoms with Gasteiger partial charge in [0.25, 0.3) is 0 Å². The van der Waals surface area contributed by atoms with Gasteiger partial charge in [-0.25, -0.2) is 0 Å². The molecule has 2 aromatic heterocycles. The summed E-state index contributed by atoms with van der Waals surface area (Å²) >= 11 is 0. The summed E-state index contributed by atoms with van der Waals surface area (Å²) in [6.45, 7) is 2.64. The quantitative estimate of drug-likeness (QED) is 0.279. The number of H-pyrrole nitrogens is 1. The summed E-state index contributed by atoms with van der Waals surface area (Å²) in [5.41, 5.74) is 13.9. The van der Waals surface area contributed by atoms with Crippen molar-refractivity contribution < 1.29 is 19.1 Å². The zero-order valence-corrected chi connectivity index (χ0v) is 19.2. The van der Waals surface area contributed by atoms with Crippen LogP contribution in [-0.4, -0.2) is 21.3 Å². The number of nitrogens with two attached hydrogens (primary N) is 1. The predicted molar refractivity (Wildman–Crippen MR) is 134 cm³/mol. The summed E-state index contributed by atoms with van der Waals surface area (Å²) in [6, 6.07) is 19.6. The predicted octanol–water partition coefficient (Wildman–Crippen LogP) is 5.46. The van der Waals surface area contributed by atoms with Crippen molar-refractivity contribution in [2.24, 2.45) is 5.73 Å². The van der Waals surface area contributed by atoms with E-state index in [2.05, 4.69) is 16.3 Å². The fourth-order valence-electron chi connectivity index (χ4n) is 4.28. The molecule has 5 aromatic rings. The van der Waals surface area contributed by atoms with Crippen LogP contribution in [0.15, 0.2) is 77.5 Å². The molecule has 0 bridgehead atoms. The maximum atomic E-state index is 11.4. The fourth-order valence-corrected chi connectivity index (χ4v) is 4.28. The Balaban J connectivity index is 1.50. The van der Waals surface area contributed by atoms with Gasteiger partial charge in [0, 0.05) is 34.8 Å². The minimum atomic E-state index is -0.913. The third kappa shape index (κ3) is 4.67. The van der Waals surface area contributed by atoms with Crippen molar-refractivity contribution in [2.45, 2.75) is 26.5 Å². The van der Waals surface area contributed by atoms with Gasteiger partial charge in [-0.05, 0) is 59.5 Å². The molecule has 2 heterocycles. The molecule has 0 radical (unpaired) electrons. The van der Waals surface area contributed by atoms with Gasteiger partial charge in [0.1, 0.15) is 17.9 Å². The van der Waals surface area contributed by atoms with Crippen molar-refractivity contribution in [1.82, 2.24) is 10.2 Å². The van der Waals surface area contributed by atoms with E-state index in [1.165, 1.54) is 0 Å². The summed E-state index contributed by atoms with van der Waals surface area (Å²) in [6.07, 6.45) is 3.37. The molecule has 0 aliphatic carbocycles. The second-order valence-corrected chi connectivity index (χ2v) is 8.45. The van der Waals surface area contributed by atoms with Crippen LogP contribution in [0.4, 0.5) is 0 Å². The van der Waals surface area contributed by atoms with Crippen LogP contribution in [0.25, 0.3) is 33.2 Å². The number of aliphatic carboxylic acids is 1. The summed E-state index contributed by atoms with van der Waals surface area (Å²) in [7, 11) is 0. The number of rotatable bonds is 8. The highest BCUT2D eigenvalue weighted by Crippen LogP contribution is 2.33. The van der Waals surface area contributed by atoms with E-state index in [9.17, 15) is 9.90 Å². The van der Waals surface area contributed by atoms with E-state index in [-0.39, 0.29) is 13.0 Å². The van der Waals surface area contributed by atoms with Gasteiger partial charge >= 0.3 is 5.97 Å². The van der Waals surface area contributed by atoms with Crippen LogP contribution in [-0.2, 0) is 24.4 Å². The Bertz CT molecular complexity index is 1520. The number of hydrogen-bond donors (Lipinski definition) is 3. The maximum Gasteiger partial charge on any atom is 0.307 e. The Morgan fingerprint density at radius 1 is 1.06 bits per heavy atom. The molecule has 0 spiro atoms. The monoisotopic (exact) mass is 467 g/mol. The fraction of sp³-hybridized carbons (Fsp3) is 0.143. The molecule has 0 aliphatic rings. The number of nitrogens with zero attached hydrogens (tertiary/aromatic N) is 1.